The summed E-state index contributed by atoms with van der Waals surface area (Å²) in [6, 6.07) is 0. The third-order valence-electron chi connectivity index (χ3n) is 8.97. The number of fused-ring (bicyclic) bond motifs is 5. The van der Waals surface area contributed by atoms with Crippen molar-refractivity contribution in [2.75, 3.05) is 0 Å². The quantitative estimate of drug-likeness (QED) is 0.482. The number of carbonyl (C=O) groups is 2. The summed E-state index contributed by atoms with van der Waals surface area (Å²) in [6.45, 7) is 9.99. The van der Waals surface area contributed by atoms with E-state index in [9.17, 15) is 9.59 Å². The van der Waals surface area contributed by atoms with Gasteiger partial charge in [-0.3, -0.25) is 9.59 Å². The lowest BCUT2D eigenvalue weighted by atomic mass is 9.47. The van der Waals surface area contributed by atoms with E-state index in [4.69, 9.17) is 9.47 Å². The molecule has 0 aliphatic heterocycles. The summed E-state index contributed by atoms with van der Waals surface area (Å²) in [6.07, 6.45) is 11.2. The Bertz CT molecular complexity index is 711. The Balaban J connectivity index is 1.58. The fourth-order valence-corrected chi connectivity index (χ4v) is 7.57. The SMILES string of the molecule is CC(=O)O[C@H]1CC[C@H]2[C@@H]3CC=C4C[C@@](C)(OC(C)=O)CC[C@]4(C)[C@H]3CC[C@]12C. The molecule has 0 unspecified atom stereocenters. The van der Waals surface area contributed by atoms with Crippen LogP contribution in [0.4, 0.5) is 0 Å². The number of carbonyl (C=O) groups excluding carboxylic acids is 2. The van der Waals surface area contributed by atoms with Gasteiger partial charge in [0.2, 0.25) is 0 Å². The van der Waals surface area contributed by atoms with E-state index < -0.39 is 0 Å². The van der Waals surface area contributed by atoms with E-state index in [1.54, 1.807) is 6.92 Å². The van der Waals surface area contributed by atoms with Crippen LogP contribution in [0.25, 0.3) is 0 Å². The predicted octanol–water partition coefficient (Wildman–Crippen LogP) is 5.20. The zero-order valence-electron chi connectivity index (χ0n) is 18.2. The van der Waals surface area contributed by atoms with Crippen LogP contribution in [0.3, 0.4) is 0 Å². The molecule has 4 rings (SSSR count). The molecule has 0 aromatic heterocycles. The fourth-order valence-electron chi connectivity index (χ4n) is 7.57. The van der Waals surface area contributed by atoms with Gasteiger partial charge in [0, 0.05) is 25.7 Å². The van der Waals surface area contributed by atoms with Gasteiger partial charge in [-0.1, -0.05) is 25.5 Å². The lowest BCUT2D eigenvalue weighted by Gasteiger charge is -2.58. The zero-order valence-corrected chi connectivity index (χ0v) is 18.2. The summed E-state index contributed by atoms with van der Waals surface area (Å²) in [4.78, 5) is 23.2. The van der Waals surface area contributed by atoms with Crippen molar-refractivity contribution in [2.45, 2.75) is 97.7 Å². The van der Waals surface area contributed by atoms with Crippen LogP contribution in [0.1, 0.15) is 86.0 Å². The largest absolute Gasteiger partial charge is 0.462 e. The first-order chi connectivity index (χ1) is 13.1. The minimum absolute atomic E-state index is 0.0905. The molecule has 0 amide bonds. The maximum Gasteiger partial charge on any atom is 0.303 e. The van der Waals surface area contributed by atoms with Gasteiger partial charge in [-0.15, -0.1) is 0 Å². The van der Waals surface area contributed by atoms with Crippen molar-refractivity contribution < 1.29 is 19.1 Å². The minimum Gasteiger partial charge on any atom is -0.462 e. The zero-order chi connectivity index (χ0) is 20.3. The van der Waals surface area contributed by atoms with Gasteiger partial charge in [-0.05, 0) is 75.0 Å². The summed E-state index contributed by atoms with van der Waals surface area (Å²) >= 11 is 0. The number of ether oxygens (including phenoxy) is 2. The number of hydrogen-bond donors (Lipinski definition) is 0. The highest BCUT2D eigenvalue weighted by Crippen LogP contribution is 2.66. The Labute approximate surface area is 169 Å². The molecule has 0 saturated heterocycles. The molecule has 7 atom stereocenters. The molecule has 0 heterocycles. The van der Waals surface area contributed by atoms with Crippen LogP contribution >= 0.6 is 0 Å². The van der Waals surface area contributed by atoms with E-state index in [2.05, 4.69) is 26.8 Å². The molecule has 156 valence electrons. The molecule has 0 spiro atoms. The molecular formula is C24H36O4. The summed E-state index contributed by atoms with van der Waals surface area (Å²) < 4.78 is 11.5. The Hall–Kier alpha value is -1.32. The van der Waals surface area contributed by atoms with Gasteiger partial charge in [0.1, 0.15) is 11.7 Å². The number of allylic oxidation sites excluding steroid dienone is 1. The van der Waals surface area contributed by atoms with E-state index in [0.717, 1.165) is 38.5 Å². The first-order valence-electron chi connectivity index (χ1n) is 11.1. The monoisotopic (exact) mass is 388 g/mol. The summed E-state index contributed by atoms with van der Waals surface area (Å²) in [5, 5.41) is 0. The molecule has 3 saturated carbocycles. The lowest BCUT2D eigenvalue weighted by molar-refractivity contribution is -0.161. The van der Waals surface area contributed by atoms with Crippen LogP contribution in [0.2, 0.25) is 0 Å². The van der Waals surface area contributed by atoms with Crippen LogP contribution < -0.4 is 0 Å². The minimum atomic E-state index is -0.346. The first kappa shape index (κ1) is 20.0. The Morgan fingerprint density at radius 3 is 2.39 bits per heavy atom. The number of rotatable bonds is 2. The van der Waals surface area contributed by atoms with Crippen LogP contribution in [0.5, 0.6) is 0 Å². The number of esters is 2. The Morgan fingerprint density at radius 1 is 0.964 bits per heavy atom. The Kier molecular flexibility index (Phi) is 4.71. The smallest absolute Gasteiger partial charge is 0.303 e. The van der Waals surface area contributed by atoms with Crippen molar-refractivity contribution in [3.8, 4) is 0 Å². The van der Waals surface area contributed by atoms with Crippen molar-refractivity contribution in [3.05, 3.63) is 11.6 Å². The van der Waals surface area contributed by atoms with E-state index in [1.165, 1.54) is 25.3 Å². The van der Waals surface area contributed by atoms with Gasteiger partial charge >= 0.3 is 11.9 Å². The van der Waals surface area contributed by atoms with Crippen molar-refractivity contribution >= 4 is 11.9 Å². The summed E-state index contributed by atoms with van der Waals surface area (Å²) in [5.74, 6) is 1.72. The summed E-state index contributed by atoms with van der Waals surface area (Å²) in [5.41, 5.74) is 1.53. The molecular weight excluding hydrogens is 352 g/mol. The molecule has 0 aromatic carbocycles. The molecule has 4 aliphatic rings. The third-order valence-corrected chi connectivity index (χ3v) is 8.97. The van der Waals surface area contributed by atoms with E-state index in [-0.39, 0.29) is 34.5 Å². The highest BCUT2D eigenvalue weighted by atomic mass is 16.6. The van der Waals surface area contributed by atoms with Gasteiger partial charge in [0.15, 0.2) is 0 Å². The number of hydrogen-bond acceptors (Lipinski definition) is 4. The molecule has 28 heavy (non-hydrogen) atoms. The van der Waals surface area contributed by atoms with Gasteiger partial charge in [-0.2, -0.15) is 0 Å². The van der Waals surface area contributed by atoms with Crippen molar-refractivity contribution in [3.63, 3.8) is 0 Å². The molecule has 4 heteroatoms. The van der Waals surface area contributed by atoms with Crippen LogP contribution in [0, 0.1) is 28.6 Å². The first-order valence-corrected chi connectivity index (χ1v) is 11.1. The highest BCUT2D eigenvalue weighted by molar-refractivity contribution is 5.66. The second-order valence-electron chi connectivity index (χ2n) is 10.7. The van der Waals surface area contributed by atoms with Crippen LogP contribution in [-0.4, -0.2) is 23.6 Å². The fraction of sp³-hybridized carbons (Fsp3) is 0.833. The standard InChI is InChI=1S/C24H36O4/c1-15(25)27-21-9-8-19-18-7-6-17-14-22(3,28-16(2)26)12-13-23(17,4)20(18)10-11-24(19,21)5/h6,18-21H,7-14H2,1-5H3/t18-,19-,20-,21-,22-,23-,24-/m0/s1. The van der Waals surface area contributed by atoms with Gasteiger partial charge in [0.25, 0.3) is 0 Å². The van der Waals surface area contributed by atoms with E-state index in [1.807, 2.05) is 0 Å². The third kappa shape index (κ3) is 3.02. The molecule has 0 aromatic rings. The van der Waals surface area contributed by atoms with Gasteiger partial charge in [-0.25, -0.2) is 0 Å². The van der Waals surface area contributed by atoms with Crippen molar-refractivity contribution in [1.82, 2.24) is 0 Å². The Morgan fingerprint density at radius 2 is 1.71 bits per heavy atom. The lowest BCUT2D eigenvalue weighted by Crippen LogP contribution is -2.53. The normalized spacial score (nSPS) is 47.2. The maximum atomic E-state index is 11.6. The van der Waals surface area contributed by atoms with Crippen LogP contribution in [0.15, 0.2) is 11.6 Å². The second-order valence-corrected chi connectivity index (χ2v) is 10.7. The maximum absolute atomic E-state index is 11.6. The van der Waals surface area contributed by atoms with Crippen molar-refractivity contribution in [2.24, 2.45) is 28.6 Å². The van der Waals surface area contributed by atoms with Crippen LogP contribution in [-0.2, 0) is 19.1 Å². The van der Waals surface area contributed by atoms with E-state index >= 15 is 0 Å². The summed E-state index contributed by atoms with van der Waals surface area (Å²) in [7, 11) is 0. The average molecular weight is 389 g/mol. The molecule has 0 N–H and O–H groups in total. The predicted molar refractivity (Wildman–Crippen MR) is 107 cm³/mol. The molecule has 4 aliphatic carbocycles. The second kappa shape index (κ2) is 6.60. The topological polar surface area (TPSA) is 52.6 Å². The van der Waals surface area contributed by atoms with Gasteiger partial charge < -0.3 is 9.47 Å². The highest BCUT2D eigenvalue weighted by Gasteiger charge is 2.60. The molecule has 3 fully saturated rings. The molecule has 0 radical (unpaired) electrons. The molecule has 0 bridgehead atoms. The van der Waals surface area contributed by atoms with E-state index in [0.29, 0.717) is 17.8 Å². The van der Waals surface area contributed by atoms with Crippen molar-refractivity contribution in [1.29, 1.82) is 0 Å². The molecule has 4 nitrogen and oxygen atoms in total. The average Bonchev–Trinajstić information content (AvgIpc) is 2.91. The van der Waals surface area contributed by atoms with Gasteiger partial charge in [0.05, 0.1) is 0 Å².